The van der Waals surface area contributed by atoms with E-state index < -0.39 is 0 Å². The molecule has 1 heterocycles. The van der Waals surface area contributed by atoms with Crippen LogP contribution in [0.1, 0.15) is 32.3 Å². The number of nitrogens with zero attached hydrogens (tertiary/aromatic N) is 3. The van der Waals surface area contributed by atoms with E-state index in [9.17, 15) is 0 Å². The van der Waals surface area contributed by atoms with Gasteiger partial charge in [0.1, 0.15) is 5.75 Å². The van der Waals surface area contributed by atoms with Gasteiger partial charge in [0.25, 0.3) is 0 Å². The summed E-state index contributed by atoms with van der Waals surface area (Å²) in [7, 11) is 3.61. The first-order valence-corrected chi connectivity index (χ1v) is 10.9. The van der Waals surface area contributed by atoms with Gasteiger partial charge in [0.15, 0.2) is 5.96 Å². The third-order valence-electron chi connectivity index (χ3n) is 4.33. The third kappa shape index (κ3) is 10.8. The van der Waals surface area contributed by atoms with Crippen LogP contribution in [0.25, 0.3) is 0 Å². The number of hydrogen-bond acceptors (Lipinski definition) is 5. The number of rotatable bonds is 14. The van der Waals surface area contributed by atoms with E-state index in [-0.39, 0.29) is 6.10 Å². The van der Waals surface area contributed by atoms with Gasteiger partial charge in [-0.1, -0.05) is 0 Å². The number of ether oxygens (including phenoxy) is 3. The zero-order valence-corrected chi connectivity index (χ0v) is 19.3. The van der Waals surface area contributed by atoms with Gasteiger partial charge in [0.2, 0.25) is 0 Å². The fourth-order valence-corrected chi connectivity index (χ4v) is 2.87. The summed E-state index contributed by atoms with van der Waals surface area (Å²) in [5.41, 5.74) is 2.19. The molecule has 1 aromatic heterocycles. The maximum absolute atomic E-state index is 5.71. The Labute approximate surface area is 186 Å². The van der Waals surface area contributed by atoms with Crippen molar-refractivity contribution in [3.05, 3.63) is 42.2 Å². The molecule has 0 fully saturated rings. The van der Waals surface area contributed by atoms with Gasteiger partial charge in [0, 0.05) is 45.7 Å². The number of hydrogen-bond donors (Lipinski definition) is 2. The summed E-state index contributed by atoms with van der Waals surface area (Å²) in [5, 5.41) is 11.0. The molecule has 31 heavy (non-hydrogen) atoms. The Morgan fingerprint density at radius 2 is 1.94 bits per heavy atom. The minimum Gasteiger partial charge on any atom is -0.491 e. The van der Waals surface area contributed by atoms with Crippen LogP contribution in [0.2, 0.25) is 0 Å². The van der Waals surface area contributed by atoms with Crippen LogP contribution >= 0.6 is 0 Å². The third-order valence-corrected chi connectivity index (χ3v) is 4.33. The SMILES string of the molecule is COCCOCCCNC(=NCCCc1cnn(C)c1)Nc1ccc(OC(C)C)cc1. The van der Waals surface area contributed by atoms with Crippen LogP contribution in [0.5, 0.6) is 5.75 Å². The second-order valence-electron chi connectivity index (χ2n) is 7.56. The van der Waals surface area contributed by atoms with Gasteiger partial charge in [-0.05, 0) is 62.9 Å². The number of aliphatic imine (C=N–C) groups is 1. The highest BCUT2D eigenvalue weighted by atomic mass is 16.5. The first-order chi connectivity index (χ1) is 15.1. The summed E-state index contributed by atoms with van der Waals surface area (Å²) in [5.74, 6) is 1.62. The predicted molar refractivity (Wildman–Crippen MR) is 125 cm³/mol. The largest absolute Gasteiger partial charge is 0.491 e. The quantitative estimate of drug-likeness (QED) is 0.271. The van der Waals surface area contributed by atoms with Crippen LogP contribution in [-0.2, 0) is 22.9 Å². The zero-order valence-electron chi connectivity index (χ0n) is 19.3. The lowest BCUT2D eigenvalue weighted by Crippen LogP contribution is -2.32. The lowest BCUT2D eigenvalue weighted by atomic mass is 10.2. The summed E-state index contributed by atoms with van der Waals surface area (Å²) in [6, 6.07) is 7.93. The van der Waals surface area contributed by atoms with Crippen molar-refractivity contribution in [1.29, 1.82) is 0 Å². The van der Waals surface area contributed by atoms with Crippen LogP contribution in [0, 0.1) is 0 Å². The number of benzene rings is 1. The molecule has 0 spiro atoms. The smallest absolute Gasteiger partial charge is 0.195 e. The maximum Gasteiger partial charge on any atom is 0.195 e. The van der Waals surface area contributed by atoms with E-state index in [1.165, 1.54) is 5.56 Å². The number of guanidine groups is 1. The minimum absolute atomic E-state index is 0.156. The number of aryl methyl sites for hydroxylation is 2. The molecule has 0 unspecified atom stereocenters. The second kappa shape index (κ2) is 14.4. The van der Waals surface area contributed by atoms with Gasteiger partial charge in [-0.2, -0.15) is 5.10 Å². The first kappa shape index (κ1) is 24.7. The Morgan fingerprint density at radius 3 is 2.61 bits per heavy atom. The molecule has 0 atom stereocenters. The zero-order chi connectivity index (χ0) is 22.3. The molecule has 0 aliphatic rings. The van der Waals surface area contributed by atoms with Crippen molar-refractivity contribution in [3.63, 3.8) is 0 Å². The molecule has 0 amide bonds. The van der Waals surface area contributed by atoms with E-state index in [1.54, 1.807) is 7.11 Å². The molecule has 2 aromatic rings. The maximum atomic E-state index is 5.71. The Hall–Kier alpha value is -2.58. The molecule has 172 valence electrons. The molecule has 8 heteroatoms. The summed E-state index contributed by atoms with van der Waals surface area (Å²) in [4.78, 5) is 4.73. The summed E-state index contributed by atoms with van der Waals surface area (Å²) in [6.45, 7) is 7.46. The Bertz CT molecular complexity index is 759. The molecule has 0 saturated heterocycles. The summed E-state index contributed by atoms with van der Waals surface area (Å²) in [6.07, 6.45) is 6.92. The lowest BCUT2D eigenvalue weighted by molar-refractivity contribution is 0.0699. The van der Waals surface area contributed by atoms with E-state index in [0.717, 1.165) is 49.7 Å². The lowest BCUT2D eigenvalue weighted by Gasteiger charge is -2.14. The molecular formula is C23H37N5O3. The average Bonchev–Trinajstić information content (AvgIpc) is 3.16. The minimum atomic E-state index is 0.156. The van der Waals surface area contributed by atoms with E-state index in [0.29, 0.717) is 19.8 Å². The Morgan fingerprint density at radius 1 is 1.13 bits per heavy atom. The van der Waals surface area contributed by atoms with Crippen molar-refractivity contribution >= 4 is 11.6 Å². The second-order valence-corrected chi connectivity index (χ2v) is 7.56. The van der Waals surface area contributed by atoms with Crippen LogP contribution in [-0.4, -0.2) is 61.9 Å². The van der Waals surface area contributed by atoms with Crippen molar-refractivity contribution in [2.45, 2.75) is 39.2 Å². The van der Waals surface area contributed by atoms with E-state index in [1.807, 2.05) is 62.2 Å². The number of anilines is 1. The number of aromatic nitrogens is 2. The number of methoxy groups -OCH3 is 1. The van der Waals surface area contributed by atoms with Crippen LogP contribution in [0.4, 0.5) is 5.69 Å². The molecule has 2 rings (SSSR count). The summed E-state index contributed by atoms with van der Waals surface area (Å²) >= 11 is 0. The normalized spacial score (nSPS) is 11.7. The van der Waals surface area contributed by atoms with Crippen molar-refractivity contribution in [1.82, 2.24) is 15.1 Å². The fraction of sp³-hybridized carbons (Fsp3) is 0.565. The molecule has 0 saturated carbocycles. The highest BCUT2D eigenvalue weighted by Crippen LogP contribution is 2.16. The van der Waals surface area contributed by atoms with Crippen LogP contribution in [0.15, 0.2) is 41.7 Å². The van der Waals surface area contributed by atoms with Gasteiger partial charge in [0.05, 0.1) is 25.5 Å². The average molecular weight is 432 g/mol. The molecule has 0 bridgehead atoms. The van der Waals surface area contributed by atoms with E-state index in [4.69, 9.17) is 19.2 Å². The highest BCUT2D eigenvalue weighted by molar-refractivity contribution is 5.93. The van der Waals surface area contributed by atoms with E-state index in [2.05, 4.69) is 15.7 Å². The van der Waals surface area contributed by atoms with Crippen LogP contribution < -0.4 is 15.4 Å². The molecule has 0 aliphatic carbocycles. The van der Waals surface area contributed by atoms with Gasteiger partial charge in [-0.25, -0.2) is 0 Å². The molecular weight excluding hydrogens is 394 g/mol. The standard InChI is InChI=1S/C23H37N5O3/c1-19(2)31-22-10-8-21(9-11-22)27-23(25-13-6-14-30-16-15-29-4)24-12-5-7-20-17-26-28(3)18-20/h8-11,17-19H,5-7,12-16H2,1-4H3,(H2,24,25,27). The monoisotopic (exact) mass is 431 g/mol. The van der Waals surface area contributed by atoms with Gasteiger partial charge in [-0.3, -0.25) is 9.67 Å². The predicted octanol–water partition coefficient (Wildman–Crippen LogP) is 3.25. The molecule has 0 radical (unpaired) electrons. The Balaban J connectivity index is 1.84. The molecule has 8 nitrogen and oxygen atoms in total. The topological polar surface area (TPSA) is 81.9 Å². The number of nitrogens with one attached hydrogen (secondary N) is 2. The van der Waals surface area contributed by atoms with Crippen molar-refractivity contribution in [2.24, 2.45) is 12.0 Å². The van der Waals surface area contributed by atoms with E-state index >= 15 is 0 Å². The van der Waals surface area contributed by atoms with Crippen molar-refractivity contribution < 1.29 is 14.2 Å². The molecule has 2 N–H and O–H groups in total. The van der Waals surface area contributed by atoms with Crippen molar-refractivity contribution in [3.8, 4) is 5.75 Å². The van der Waals surface area contributed by atoms with Gasteiger partial charge in [-0.15, -0.1) is 0 Å². The fourth-order valence-electron chi connectivity index (χ4n) is 2.87. The summed E-state index contributed by atoms with van der Waals surface area (Å²) < 4.78 is 18.0. The molecule has 0 aliphatic heterocycles. The van der Waals surface area contributed by atoms with Crippen LogP contribution in [0.3, 0.4) is 0 Å². The molecule has 1 aromatic carbocycles. The van der Waals surface area contributed by atoms with Gasteiger partial charge < -0.3 is 24.8 Å². The first-order valence-electron chi connectivity index (χ1n) is 10.9. The highest BCUT2D eigenvalue weighted by Gasteiger charge is 2.03. The van der Waals surface area contributed by atoms with Crippen molar-refractivity contribution in [2.75, 3.05) is 45.3 Å². The Kier molecular flexibility index (Phi) is 11.5. The van der Waals surface area contributed by atoms with Gasteiger partial charge >= 0.3 is 0 Å².